The van der Waals surface area contributed by atoms with Crippen LogP contribution in [0.15, 0.2) is 36.5 Å². The predicted octanol–water partition coefficient (Wildman–Crippen LogP) is 10.3. The topological polar surface area (TPSA) is 189 Å². The monoisotopic (exact) mass is 924 g/mol. The number of hydrogen-bond acceptors (Lipinski definition) is 10. The molecule has 1 heterocycles. The summed E-state index contributed by atoms with van der Waals surface area (Å²) in [6, 6.07) is -1.20. The van der Waals surface area contributed by atoms with Crippen LogP contribution in [0.2, 0.25) is 0 Å². The molecule has 1 rings (SSSR count). The van der Waals surface area contributed by atoms with Crippen molar-refractivity contribution >= 4 is 5.91 Å². The van der Waals surface area contributed by atoms with Gasteiger partial charge in [-0.15, -0.1) is 0 Å². The molecule has 1 aliphatic rings. The Hall–Kier alpha value is -1.67. The summed E-state index contributed by atoms with van der Waals surface area (Å²) in [5.74, 6) is -0.726. The van der Waals surface area contributed by atoms with Crippen LogP contribution in [0.3, 0.4) is 0 Å². The Kier molecular flexibility index (Phi) is 41.1. The van der Waals surface area contributed by atoms with Crippen LogP contribution in [-0.4, -0.2) is 110 Å². The third-order valence-electron chi connectivity index (χ3n) is 12.9. The van der Waals surface area contributed by atoms with Crippen molar-refractivity contribution < 1.29 is 50.0 Å². The molecule has 1 saturated heterocycles. The predicted molar refractivity (Wildman–Crippen MR) is 265 cm³/mol. The molecule has 65 heavy (non-hydrogen) atoms. The third-order valence-corrected chi connectivity index (χ3v) is 12.9. The Labute approximate surface area is 397 Å². The van der Waals surface area contributed by atoms with Gasteiger partial charge in [0.25, 0.3) is 0 Å². The Bertz CT molecular complexity index is 1150. The number of ether oxygens (including phenoxy) is 2. The number of carbonyl (C=O) groups is 1. The van der Waals surface area contributed by atoms with Crippen molar-refractivity contribution in [3.05, 3.63) is 36.5 Å². The van der Waals surface area contributed by atoms with Crippen LogP contribution < -0.4 is 5.32 Å². The maximum absolute atomic E-state index is 13.0. The molecule has 11 nitrogen and oxygen atoms in total. The molecule has 382 valence electrons. The van der Waals surface area contributed by atoms with Gasteiger partial charge < -0.3 is 50.5 Å². The summed E-state index contributed by atoms with van der Waals surface area (Å²) >= 11 is 0. The smallest absolute Gasteiger partial charge is 0.249 e. The Balaban J connectivity index is 2.27. The molecule has 1 aliphatic heterocycles. The summed E-state index contributed by atoms with van der Waals surface area (Å²) in [4.78, 5) is 13.0. The summed E-state index contributed by atoms with van der Waals surface area (Å²) in [6.45, 7) is 3.36. The standard InChI is InChI=1S/C54H101NO10/c1-3-5-7-9-11-13-14-15-16-17-18-19-20-21-22-23-24-25-26-27-28-29-30-31-32-34-35-37-39-41-46(57)49(59)45(44-64-54-52(62)51(61)50(60)48(43-56)65-54)55-53(63)47(58)42-40-38-36-33-12-10-8-6-4-2/h10,12,29-30,34-35,45-52,54,56-62H,3-9,11,13-28,31-33,36-44H2,1-2H3,(H,55,63)/b12-10-,30-29+,35-34+. The van der Waals surface area contributed by atoms with Crippen molar-refractivity contribution in [2.75, 3.05) is 13.2 Å². The van der Waals surface area contributed by atoms with Gasteiger partial charge in [-0.2, -0.15) is 0 Å². The number of allylic oxidation sites excluding steroid dienone is 6. The molecule has 0 aromatic rings. The van der Waals surface area contributed by atoms with Crippen LogP contribution in [0.1, 0.15) is 232 Å². The van der Waals surface area contributed by atoms with E-state index < -0.39 is 74.2 Å². The van der Waals surface area contributed by atoms with E-state index in [1.54, 1.807) is 0 Å². The van der Waals surface area contributed by atoms with Gasteiger partial charge >= 0.3 is 0 Å². The molecule has 0 aromatic heterocycles. The number of rotatable bonds is 45. The number of unbranched alkanes of at least 4 members (excludes halogenated alkanes) is 27. The van der Waals surface area contributed by atoms with E-state index >= 15 is 0 Å². The zero-order valence-corrected chi connectivity index (χ0v) is 41.5. The Morgan fingerprint density at radius 3 is 1.42 bits per heavy atom. The first-order valence-electron chi connectivity index (χ1n) is 26.9. The molecule has 0 spiro atoms. The molecule has 1 amide bonds. The maximum Gasteiger partial charge on any atom is 0.249 e. The highest BCUT2D eigenvalue weighted by molar-refractivity contribution is 5.80. The van der Waals surface area contributed by atoms with E-state index in [1.165, 1.54) is 135 Å². The largest absolute Gasteiger partial charge is 0.394 e. The van der Waals surface area contributed by atoms with E-state index in [9.17, 15) is 40.5 Å². The van der Waals surface area contributed by atoms with Crippen LogP contribution in [0.4, 0.5) is 0 Å². The summed E-state index contributed by atoms with van der Waals surface area (Å²) in [5, 5.41) is 75.6. The number of hydrogen-bond donors (Lipinski definition) is 8. The fraction of sp³-hybridized carbons (Fsp3) is 0.870. The molecule has 9 atom stereocenters. The maximum atomic E-state index is 13.0. The first kappa shape index (κ1) is 61.3. The summed E-state index contributed by atoms with van der Waals surface area (Å²) in [5.41, 5.74) is 0. The number of nitrogens with one attached hydrogen (secondary N) is 1. The van der Waals surface area contributed by atoms with Crippen molar-refractivity contribution in [3.8, 4) is 0 Å². The Morgan fingerprint density at radius 2 is 0.938 bits per heavy atom. The molecule has 0 bridgehead atoms. The SMILES string of the molecule is CCCC/C=C\CCCCCC(O)C(=O)NC(COC1OC(CO)C(O)C(O)C1O)C(O)C(O)CCC/C=C/CC/C=C/CCCCCCCCCCCCCCCCCCCCCC. The zero-order chi connectivity index (χ0) is 47.6. The fourth-order valence-electron chi connectivity index (χ4n) is 8.44. The normalized spacial score (nSPS) is 21.2. The molecule has 11 heteroatoms. The van der Waals surface area contributed by atoms with Gasteiger partial charge in [-0.3, -0.25) is 4.79 Å². The van der Waals surface area contributed by atoms with Crippen LogP contribution in [0.5, 0.6) is 0 Å². The van der Waals surface area contributed by atoms with Crippen LogP contribution >= 0.6 is 0 Å². The van der Waals surface area contributed by atoms with Gasteiger partial charge in [0.15, 0.2) is 6.29 Å². The van der Waals surface area contributed by atoms with E-state index in [1.807, 2.05) is 0 Å². The number of aliphatic hydroxyl groups is 7. The van der Waals surface area contributed by atoms with E-state index in [0.717, 1.165) is 51.4 Å². The van der Waals surface area contributed by atoms with Crippen molar-refractivity contribution in [2.45, 2.75) is 287 Å². The minimum Gasteiger partial charge on any atom is -0.394 e. The average Bonchev–Trinajstić information content (AvgIpc) is 3.31. The summed E-state index contributed by atoms with van der Waals surface area (Å²) in [7, 11) is 0. The Morgan fingerprint density at radius 1 is 0.523 bits per heavy atom. The number of aliphatic hydroxyl groups excluding tert-OH is 7. The first-order valence-corrected chi connectivity index (χ1v) is 26.9. The van der Waals surface area contributed by atoms with Gasteiger partial charge in [0.05, 0.1) is 25.4 Å². The highest BCUT2D eigenvalue weighted by atomic mass is 16.7. The molecule has 0 radical (unpaired) electrons. The lowest BCUT2D eigenvalue weighted by Crippen LogP contribution is -2.60. The average molecular weight is 924 g/mol. The third kappa shape index (κ3) is 32.7. The van der Waals surface area contributed by atoms with E-state index in [4.69, 9.17) is 9.47 Å². The molecule has 0 aromatic carbocycles. The van der Waals surface area contributed by atoms with Gasteiger partial charge in [0, 0.05) is 0 Å². The highest BCUT2D eigenvalue weighted by Crippen LogP contribution is 2.23. The molecule has 0 aliphatic carbocycles. The quantitative estimate of drug-likeness (QED) is 0.0216. The zero-order valence-electron chi connectivity index (χ0n) is 41.5. The molecule has 8 N–H and O–H groups in total. The molecule has 1 fully saturated rings. The fourth-order valence-corrected chi connectivity index (χ4v) is 8.44. The lowest BCUT2D eigenvalue weighted by molar-refractivity contribution is -0.303. The van der Waals surface area contributed by atoms with Crippen LogP contribution in [0, 0.1) is 0 Å². The molecular formula is C54H101NO10. The van der Waals surface area contributed by atoms with E-state index in [-0.39, 0.29) is 12.8 Å². The van der Waals surface area contributed by atoms with Gasteiger partial charge in [0.1, 0.15) is 36.6 Å². The minimum atomic E-state index is -1.67. The summed E-state index contributed by atoms with van der Waals surface area (Å²) < 4.78 is 11.1. The van der Waals surface area contributed by atoms with Crippen LogP contribution in [-0.2, 0) is 14.3 Å². The van der Waals surface area contributed by atoms with Crippen LogP contribution in [0.25, 0.3) is 0 Å². The second-order valence-corrected chi connectivity index (χ2v) is 18.9. The summed E-state index contributed by atoms with van der Waals surface area (Å²) in [6.07, 6.45) is 41.0. The van der Waals surface area contributed by atoms with Crippen molar-refractivity contribution in [1.29, 1.82) is 0 Å². The van der Waals surface area contributed by atoms with Crippen molar-refractivity contribution in [1.82, 2.24) is 5.32 Å². The molecular weight excluding hydrogens is 823 g/mol. The van der Waals surface area contributed by atoms with Gasteiger partial charge in [-0.1, -0.05) is 198 Å². The lowest BCUT2D eigenvalue weighted by Gasteiger charge is -2.40. The minimum absolute atomic E-state index is 0.228. The number of carbonyl (C=O) groups excluding carboxylic acids is 1. The first-order chi connectivity index (χ1) is 31.7. The van der Waals surface area contributed by atoms with Gasteiger partial charge in [-0.05, 0) is 70.6 Å². The lowest BCUT2D eigenvalue weighted by atomic mass is 9.98. The van der Waals surface area contributed by atoms with Gasteiger partial charge in [-0.25, -0.2) is 0 Å². The second-order valence-electron chi connectivity index (χ2n) is 18.9. The number of amides is 1. The van der Waals surface area contributed by atoms with Crippen molar-refractivity contribution in [3.63, 3.8) is 0 Å². The highest BCUT2D eigenvalue weighted by Gasteiger charge is 2.44. The molecule has 9 unspecified atom stereocenters. The molecule has 0 saturated carbocycles. The van der Waals surface area contributed by atoms with Crippen molar-refractivity contribution in [2.24, 2.45) is 0 Å². The van der Waals surface area contributed by atoms with E-state index in [0.29, 0.717) is 19.3 Å². The van der Waals surface area contributed by atoms with Gasteiger partial charge in [0.2, 0.25) is 5.91 Å². The second kappa shape index (κ2) is 43.6. The van der Waals surface area contributed by atoms with E-state index in [2.05, 4.69) is 55.6 Å².